The average molecular weight is 417 g/mol. The maximum absolute atomic E-state index is 12.6. The molecule has 1 amide bonds. The van der Waals surface area contributed by atoms with Gasteiger partial charge in [-0.1, -0.05) is 18.2 Å². The number of carbonyl (C=O) groups is 1. The molecular weight excluding hydrogens is 388 g/mol. The Bertz CT molecular complexity index is 976. The van der Waals surface area contributed by atoms with Gasteiger partial charge in [0.2, 0.25) is 0 Å². The molecule has 2 aromatic rings. The van der Waals surface area contributed by atoms with Crippen molar-refractivity contribution in [2.45, 2.75) is 44.4 Å². The average Bonchev–Trinajstić information content (AvgIpc) is 2.62. The Balaban J connectivity index is 1.68. The Morgan fingerprint density at radius 1 is 1.10 bits per heavy atom. The van der Waals surface area contributed by atoms with Crippen molar-refractivity contribution in [1.82, 2.24) is 4.90 Å². The Hall–Kier alpha value is -2.22. The highest BCUT2D eigenvalue weighted by molar-refractivity contribution is 7.90. The molecule has 0 bridgehead atoms. The summed E-state index contributed by atoms with van der Waals surface area (Å²) in [4.78, 5) is 15.2. The van der Waals surface area contributed by atoms with Gasteiger partial charge >= 0.3 is 0 Å². The van der Waals surface area contributed by atoms with E-state index in [-0.39, 0.29) is 23.0 Å². The van der Waals surface area contributed by atoms with Crippen LogP contribution < -0.4 is 5.32 Å². The Labute approximate surface area is 172 Å². The van der Waals surface area contributed by atoms with Gasteiger partial charge in [0, 0.05) is 37.1 Å². The van der Waals surface area contributed by atoms with E-state index in [1.54, 1.807) is 24.3 Å². The quantitative estimate of drug-likeness (QED) is 0.810. The standard InChI is InChI=1S/C22H28N2O4S/c1-15-5-10-20(29(4,26)27)11-21(15)23-22(25)19-8-6-18(7-9-19)14-24-12-16(2)28-17(3)13-24/h5-11,16-17H,12-14H2,1-4H3,(H,23,25). The highest BCUT2D eigenvalue weighted by Gasteiger charge is 2.22. The Kier molecular flexibility index (Phi) is 6.41. The van der Waals surface area contributed by atoms with E-state index in [2.05, 4.69) is 24.1 Å². The van der Waals surface area contributed by atoms with E-state index in [0.29, 0.717) is 11.3 Å². The highest BCUT2D eigenvalue weighted by atomic mass is 32.2. The monoisotopic (exact) mass is 416 g/mol. The summed E-state index contributed by atoms with van der Waals surface area (Å²) in [5.41, 5.74) is 2.97. The summed E-state index contributed by atoms with van der Waals surface area (Å²) in [5.74, 6) is -0.265. The van der Waals surface area contributed by atoms with Crippen molar-refractivity contribution >= 4 is 21.4 Å². The number of sulfone groups is 1. The van der Waals surface area contributed by atoms with Gasteiger partial charge in [-0.2, -0.15) is 0 Å². The maximum Gasteiger partial charge on any atom is 0.255 e. The zero-order chi connectivity index (χ0) is 21.2. The zero-order valence-electron chi connectivity index (χ0n) is 17.3. The molecule has 2 atom stereocenters. The predicted molar refractivity (Wildman–Crippen MR) is 114 cm³/mol. The van der Waals surface area contributed by atoms with Gasteiger partial charge in [-0.15, -0.1) is 0 Å². The lowest BCUT2D eigenvalue weighted by atomic mass is 10.1. The van der Waals surface area contributed by atoms with Crippen molar-refractivity contribution < 1.29 is 17.9 Å². The van der Waals surface area contributed by atoms with Crippen LogP contribution in [0.15, 0.2) is 47.4 Å². The van der Waals surface area contributed by atoms with Gasteiger partial charge < -0.3 is 10.1 Å². The van der Waals surface area contributed by atoms with Crippen LogP contribution in [0.2, 0.25) is 0 Å². The van der Waals surface area contributed by atoms with Crippen LogP contribution in [0.4, 0.5) is 5.69 Å². The topological polar surface area (TPSA) is 75.7 Å². The lowest BCUT2D eigenvalue weighted by Gasteiger charge is -2.35. The molecule has 1 N–H and O–H groups in total. The number of nitrogens with zero attached hydrogens (tertiary/aromatic N) is 1. The van der Waals surface area contributed by atoms with Crippen LogP contribution in [0, 0.1) is 6.92 Å². The number of benzene rings is 2. The van der Waals surface area contributed by atoms with Crippen LogP contribution in [-0.2, 0) is 21.1 Å². The number of hydrogen-bond acceptors (Lipinski definition) is 5. The summed E-state index contributed by atoms with van der Waals surface area (Å²) in [6.07, 6.45) is 1.59. The van der Waals surface area contributed by atoms with E-state index < -0.39 is 9.84 Å². The van der Waals surface area contributed by atoms with Crippen molar-refractivity contribution in [1.29, 1.82) is 0 Å². The van der Waals surface area contributed by atoms with Crippen LogP contribution in [0.1, 0.15) is 35.3 Å². The minimum Gasteiger partial charge on any atom is -0.373 e. The number of ether oxygens (including phenoxy) is 1. The fourth-order valence-electron chi connectivity index (χ4n) is 3.59. The number of rotatable bonds is 5. The molecule has 1 saturated heterocycles. The summed E-state index contributed by atoms with van der Waals surface area (Å²) in [7, 11) is -3.34. The number of aryl methyl sites for hydroxylation is 1. The fourth-order valence-corrected chi connectivity index (χ4v) is 4.24. The largest absolute Gasteiger partial charge is 0.373 e. The van der Waals surface area contributed by atoms with Gasteiger partial charge in [0.15, 0.2) is 9.84 Å². The van der Waals surface area contributed by atoms with E-state index in [9.17, 15) is 13.2 Å². The van der Waals surface area contributed by atoms with E-state index in [1.807, 2.05) is 19.1 Å². The first-order valence-corrected chi connectivity index (χ1v) is 11.6. The molecule has 1 heterocycles. The SMILES string of the molecule is Cc1ccc(S(C)(=O)=O)cc1NC(=O)c1ccc(CN2CC(C)OC(C)C2)cc1. The third-order valence-corrected chi connectivity index (χ3v) is 6.11. The second-order valence-electron chi connectivity index (χ2n) is 7.85. The molecule has 2 unspecified atom stereocenters. The first-order valence-electron chi connectivity index (χ1n) is 9.70. The Morgan fingerprint density at radius 2 is 1.72 bits per heavy atom. The van der Waals surface area contributed by atoms with Crippen molar-refractivity contribution in [3.05, 3.63) is 59.2 Å². The summed E-state index contributed by atoms with van der Waals surface area (Å²) in [5, 5.41) is 2.82. The zero-order valence-corrected chi connectivity index (χ0v) is 18.1. The van der Waals surface area contributed by atoms with Crippen LogP contribution in [0.5, 0.6) is 0 Å². The molecule has 0 saturated carbocycles. The normalized spacial score (nSPS) is 20.4. The van der Waals surface area contributed by atoms with Crippen molar-refractivity contribution in [2.24, 2.45) is 0 Å². The lowest BCUT2D eigenvalue weighted by molar-refractivity contribution is -0.0704. The first kappa shape index (κ1) is 21.5. The molecule has 1 aliphatic heterocycles. The van der Waals surface area contributed by atoms with Crippen LogP contribution in [0.25, 0.3) is 0 Å². The van der Waals surface area contributed by atoms with Crippen LogP contribution in [-0.4, -0.2) is 50.8 Å². The van der Waals surface area contributed by atoms with Crippen LogP contribution in [0.3, 0.4) is 0 Å². The number of nitrogens with one attached hydrogen (secondary N) is 1. The van der Waals surface area contributed by atoms with E-state index in [1.165, 1.54) is 6.07 Å². The van der Waals surface area contributed by atoms with Gasteiger partial charge in [0.25, 0.3) is 5.91 Å². The van der Waals surface area contributed by atoms with E-state index in [4.69, 9.17) is 4.74 Å². The molecule has 0 aromatic heterocycles. The molecule has 6 nitrogen and oxygen atoms in total. The van der Waals surface area contributed by atoms with Gasteiger partial charge in [0.1, 0.15) is 0 Å². The lowest BCUT2D eigenvalue weighted by Crippen LogP contribution is -2.44. The second kappa shape index (κ2) is 8.65. The molecule has 7 heteroatoms. The maximum atomic E-state index is 12.6. The minimum atomic E-state index is -3.34. The van der Waals surface area contributed by atoms with Gasteiger partial charge in [-0.3, -0.25) is 9.69 Å². The van der Waals surface area contributed by atoms with E-state index in [0.717, 1.165) is 37.0 Å². The number of hydrogen-bond donors (Lipinski definition) is 1. The Morgan fingerprint density at radius 3 is 2.31 bits per heavy atom. The van der Waals surface area contributed by atoms with Gasteiger partial charge in [-0.25, -0.2) is 8.42 Å². The third kappa shape index (κ3) is 5.65. The molecule has 0 radical (unpaired) electrons. The third-order valence-electron chi connectivity index (χ3n) is 5.00. The number of morpholine rings is 1. The summed E-state index contributed by atoms with van der Waals surface area (Å²) < 4.78 is 29.3. The van der Waals surface area contributed by atoms with Crippen molar-refractivity contribution in [2.75, 3.05) is 24.7 Å². The molecule has 0 spiro atoms. The van der Waals surface area contributed by atoms with Crippen molar-refractivity contribution in [3.63, 3.8) is 0 Å². The molecule has 1 fully saturated rings. The summed E-state index contributed by atoms with van der Waals surface area (Å²) >= 11 is 0. The van der Waals surface area contributed by atoms with Crippen molar-refractivity contribution in [3.8, 4) is 0 Å². The molecule has 0 aliphatic carbocycles. The number of carbonyl (C=O) groups excluding carboxylic acids is 1. The summed E-state index contributed by atoms with van der Waals surface area (Å²) in [6.45, 7) is 8.59. The molecule has 156 valence electrons. The van der Waals surface area contributed by atoms with Gasteiger partial charge in [0.05, 0.1) is 17.1 Å². The molecule has 1 aliphatic rings. The fraction of sp³-hybridized carbons (Fsp3) is 0.409. The minimum absolute atomic E-state index is 0.183. The first-order chi connectivity index (χ1) is 13.6. The molecule has 3 rings (SSSR count). The summed E-state index contributed by atoms with van der Waals surface area (Å²) in [6, 6.07) is 12.3. The smallest absolute Gasteiger partial charge is 0.255 e. The van der Waals surface area contributed by atoms with E-state index >= 15 is 0 Å². The number of amides is 1. The second-order valence-corrected chi connectivity index (χ2v) is 9.87. The predicted octanol–water partition coefficient (Wildman–Crippen LogP) is 3.26. The van der Waals surface area contributed by atoms with Crippen LogP contribution >= 0.6 is 0 Å². The number of anilines is 1. The highest BCUT2D eigenvalue weighted by Crippen LogP contribution is 2.21. The molecule has 2 aromatic carbocycles. The van der Waals surface area contributed by atoms with Gasteiger partial charge in [-0.05, 0) is 56.2 Å². The molecular formula is C22H28N2O4S. The molecule has 29 heavy (non-hydrogen) atoms.